The van der Waals surface area contributed by atoms with Crippen molar-refractivity contribution in [2.75, 3.05) is 26.9 Å². The highest BCUT2D eigenvalue weighted by molar-refractivity contribution is 5.81. The lowest BCUT2D eigenvalue weighted by Crippen LogP contribution is -2.28. The van der Waals surface area contributed by atoms with Crippen LogP contribution in [-0.4, -0.2) is 53.5 Å². The Kier molecular flexibility index (Phi) is 9.39. The smallest absolute Gasteiger partial charge is 0.309 e. The van der Waals surface area contributed by atoms with Crippen molar-refractivity contribution in [2.24, 2.45) is 17.8 Å². The van der Waals surface area contributed by atoms with Crippen molar-refractivity contribution in [1.29, 1.82) is 0 Å². The summed E-state index contributed by atoms with van der Waals surface area (Å²) in [6.45, 7) is 10.6. The summed E-state index contributed by atoms with van der Waals surface area (Å²) in [7, 11) is 1.61. The maximum Gasteiger partial charge on any atom is 0.309 e. The first kappa shape index (κ1) is 28.0. The van der Waals surface area contributed by atoms with E-state index >= 15 is 0 Å². The van der Waals surface area contributed by atoms with Gasteiger partial charge in [0.05, 0.1) is 23.6 Å². The second kappa shape index (κ2) is 12.7. The first-order valence-corrected chi connectivity index (χ1v) is 13.7. The number of H-pyrrole nitrogens is 1. The Hall–Kier alpha value is -2.97. The van der Waals surface area contributed by atoms with Gasteiger partial charge in [-0.15, -0.1) is 0 Å². The molecule has 8 heteroatoms. The molecule has 1 aliphatic heterocycles. The van der Waals surface area contributed by atoms with Gasteiger partial charge in [0.1, 0.15) is 11.9 Å². The number of aryl methyl sites for hydroxylation is 2. The van der Waals surface area contributed by atoms with Crippen LogP contribution in [0.25, 0.3) is 22.4 Å². The lowest BCUT2D eigenvalue weighted by atomic mass is 9.89. The predicted molar refractivity (Wildman–Crippen MR) is 148 cm³/mol. The number of nitrogens with zero attached hydrogens (tertiary/aromatic N) is 2. The van der Waals surface area contributed by atoms with Gasteiger partial charge in [-0.05, 0) is 75.1 Å². The van der Waals surface area contributed by atoms with Crippen molar-refractivity contribution in [3.8, 4) is 11.4 Å². The number of hydrogen-bond acceptors (Lipinski definition) is 6. The summed E-state index contributed by atoms with van der Waals surface area (Å²) < 4.78 is 18.6. The molecular formula is C30H41N3O5. The Labute approximate surface area is 224 Å². The summed E-state index contributed by atoms with van der Waals surface area (Å²) in [6, 6.07) is 8.32. The Balaban J connectivity index is 1.60. The molecule has 1 aromatic carbocycles. The van der Waals surface area contributed by atoms with Crippen LogP contribution in [0.1, 0.15) is 51.2 Å². The molecule has 0 unspecified atom stereocenters. The molecule has 4 rings (SSSR count). The van der Waals surface area contributed by atoms with Crippen LogP contribution in [0.2, 0.25) is 0 Å². The van der Waals surface area contributed by atoms with Gasteiger partial charge in [0, 0.05) is 44.2 Å². The molecule has 1 saturated heterocycles. The van der Waals surface area contributed by atoms with E-state index in [0.717, 1.165) is 67.0 Å². The standard InChI is InChI=1S/C30H41N3O5/c1-19(2)25(30(35)38-21(4)18-36-5)8-6-22-7-9-27-26(15-22)32-28(24-14-20(3)29(34)31-16-24)33(27)17-23-10-12-37-13-11-23/h7,9,14-16,19,21,23,25H,6,8,10-13,17-18H2,1-5H3,(H,31,34)/t21-,25+/m1/s1. The highest BCUT2D eigenvalue weighted by Gasteiger charge is 2.26. The van der Waals surface area contributed by atoms with Gasteiger partial charge in [-0.25, -0.2) is 4.98 Å². The maximum absolute atomic E-state index is 12.8. The zero-order chi connectivity index (χ0) is 27.2. The SMILES string of the molecule is COC[C@@H](C)OC(=O)[C@@H](CCc1ccc2c(c1)nc(-c1c[nH]c(=O)c(C)c1)n2CC1CCOCC1)C(C)C. The monoisotopic (exact) mass is 523 g/mol. The van der Waals surface area contributed by atoms with E-state index in [2.05, 4.69) is 41.6 Å². The highest BCUT2D eigenvalue weighted by atomic mass is 16.6. The molecule has 2 aromatic heterocycles. The lowest BCUT2D eigenvalue weighted by Gasteiger charge is -2.23. The number of aromatic nitrogens is 3. The molecule has 0 bridgehead atoms. The van der Waals surface area contributed by atoms with Crippen LogP contribution in [0.3, 0.4) is 0 Å². The number of carbonyl (C=O) groups is 1. The number of benzene rings is 1. The molecular weight excluding hydrogens is 482 g/mol. The number of nitrogens with one attached hydrogen (secondary N) is 1. The molecule has 1 fully saturated rings. The Morgan fingerprint density at radius 1 is 1.21 bits per heavy atom. The fraction of sp³-hybridized carbons (Fsp3) is 0.567. The average molecular weight is 524 g/mol. The summed E-state index contributed by atoms with van der Waals surface area (Å²) >= 11 is 0. The maximum atomic E-state index is 12.8. The summed E-state index contributed by atoms with van der Waals surface area (Å²) in [5.41, 5.74) is 4.62. The lowest BCUT2D eigenvalue weighted by molar-refractivity contribution is -0.157. The molecule has 0 amide bonds. The number of aromatic amines is 1. The zero-order valence-corrected chi connectivity index (χ0v) is 23.3. The van der Waals surface area contributed by atoms with E-state index in [4.69, 9.17) is 19.2 Å². The second-order valence-corrected chi connectivity index (χ2v) is 10.9. The van der Waals surface area contributed by atoms with Crippen molar-refractivity contribution in [2.45, 2.75) is 66.0 Å². The van der Waals surface area contributed by atoms with E-state index in [1.54, 1.807) is 13.3 Å². The van der Waals surface area contributed by atoms with Crippen LogP contribution in [0.4, 0.5) is 0 Å². The van der Waals surface area contributed by atoms with E-state index < -0.39 is 0 Å². The van der Waals surface area contributed by atoms with Gasteiger partial charge < -0.3 is 23.8 Å². The fourth-order valence-electron chi connectivity index (χ4n) is 5.25. The Morgan fingerprint density at radius 3 is 2.66 bits per heavy atom. The predicted octanol–water partition coefficient (Wildman–Crippen LogP) is 4.91. The molecule has 2 atom stereocenters. The van der Waals surface area contributed by atoms with E-state index in [1.807, 2.05) is 19.9 Å². The minimum atomic E-state index is -0.264. The number of hydrogen-bond donors (Lipinski definition) is 1. The first-order valence-electron chi connectivity index (χ1n) is 13.7. The summed E-state index contributed by atoms with van der Waals surface area (Å²) in [4.78, 5) is 32.7. The molecule has 0 aliphatic carbocycles. The molecule has 0 spiro atoms. The number of ether oxygens (including phenoxy) is 3. The minimum Gasteiger partial charge on any atom is -0.460 e. The molecule has 3 aromatic rings. The van der Waals surface area contributed by atoms with Crippen molar-refractivity contribution in [1.82, 2.24) is 14.5 Å². The van der Waals surface area contributed by atoms with Gasteiger partial charge >= 0.3 is 5.97 Å². The number of carbonyl (C=O) groups excluding carboxylic acids is 1. The molecule has 1 N–H and O–H groups in total. The van der Waals surface area contributed by atoms with E-state index in [1.165, 1.54) is 0 Å². The Bertz CT molecular complexity index is 1290. The largest absolute Gasteiger partial charge is 0.460 e. The van der Waals surface area contributed by atoms with Crippen molar-refractivity contribution in [3.63, 3.8) is 0 Å². The van der Waals surface area contributed by atoms with Gasteiger partial charge in [-0.3, -0.25) is 9.59 Å². The number of imidazole rings is 1. The summed E-state index contributed by atoms with van der Waals surface area (Å²) in [5.74, 6) is 1.20. The summed E-state index contributed by atoms with van der Waals surface area (Å²) in [6.07, 6.45) is 5.00. The van der Waals surface area contributed by atoms with Crippen molar-refractivity contribution in [3.05, 3.63) is 51.9 Å². The van der Waals surface area contributed by atoms with Crippen molar-refractivity contribution < 1.29 is 19.0 Å². The molecule has 8 nitrogen and oxygen atoms in total. The van der Waals surface area contributed by atoms with Gasteiger partial charge in [-0.1, -0.05) is 19.9 Å². The van der Waals surface area contributed by atoms with E-state index in [9.17, 15) is 9.59 Å². The van der Waals surface area contributed by atoms with E-state index in [-0.39, 0.29) is 29.5 Å². The van der Waals surface area contributed by atoms with Crippen molar-refractivity contribution >= 4 is 17.0 Å². The van der Waals surface area contributed by atoms with Crippen LogP contribution < -0.4 is 5.56 Å². The van der Waals surface area contributed by atoms with Crippen LogP contribution in [0, 0.1) is 24.7 Å². The van der Waals surface area contributed by atoms with Gasteiger partial charge in [0.25, 0.3) is 5.56 Å². The third-order valence-corrected chi connectivity index (χ3v) is 7.51. The zero-order valence-electron chi connectivity index (χ0n) is 23.3. The first-order chi connectivity index (χ1) is 18.3. The normalized spacial score (nSPS) is 16.2. The fourth-order valence-corrected chi connectivity index (χ4v) is 5.25. The van der Waals surface area contributed by atoms with Crippen LogP contribution in [0.15, 0.2) is 35.3 Å². The molecule has 0 saturated carbocycles. The topological polar surface area (TPSA) is 95.4 Å². The van der Waals surface area contributed by atoms with Gasteiger partial charge in [0.15, 0.2) is 0 Å². The average Bonchev–Trinajstić information content (AvgIpc) is 3.23. The second-order valence-electron chi connectivity index (χ2n) is 10.9. The number of fused-ring (bicyclic) bond motifs is 1. The van der Waals surface area contributed by atoms with Crippen LogP contribution >= 0.6 is 0 Å². The third kappa shape index (κ3) is 6.72. The van der Waals surface area contributed by atoms with E-state index in [0.29, 0.717) is 24.5 Å². The van der Waals surface area contributed by atoms with Gasteiger partial charge in [0.2, 0.25) is 0 Å². The Morgan fingerprint density at radius 2 is 1.97 bits per heavy atom. The minimum absolute atomic E-state index is 0.0852. The molecule has 3 heterocycles. The molecule has 0 radical (unpaired) electrons. The molecule has 1 aliphatic rings. The number of esters is 1. The van der Waals surface area contributed by atoms with Crippen LogP contribution in [-0.2, 0) is 32.0 Å². The van der Waals surface area contributed by atoms with Crippen LogP contribution in [0.5, 0.6) is 0 Å². The number of rotatable bonds is 11. The molecule has 206 valence electrons. The number of pyridine rings is 1. The summed E-state index contributed by atoms with van der Waals surface area (Å²) in [5, 5.41) is 0. The molecule has 38 heavy (non-hydrogen) atoms. The third-order valence-electron chi connectivity index (χ3n) is 7.51. The highest BCUT2D eigenvalue weighted by Crippen LogP contribution is 2.29. The quantitative estimate of drug-likeness (QED) is 0.359. The number of methoxy groups -OCH3 is 1. The van der Waals surface area contributed by atoms with Gasteiger partial charge in [-0.2, -0.15) is 0 Å².